The van der Waals surface area contributed by atoms with Gasteiger partial charge < -0.3 is 5.73 Å². The van der Waals surface area contributed by atoms with Gasteiger partial charge in [-0.05, 0) is 44.6 Å². The molecule has 0 radical (unpaired) electrons. The standard InChI is InChI=1S/C15H32N2/c1-6-14(5)17(7-2)15(11-16)10-12(3)8-9-13(15)4/h12-14H,6-11,16H2,1-5H3. The first-order chi connectivity index (χ1) is 8.01. The Bertz CT molecular complexity index is 229. The van der Waals surface area contributed by atoms with Crippen LogP contribution in [-0.4, -0.2) is 29.6 Å². The van der Waals surface area contributed by atoms with E-state index >= 15 is 0 Å². The molecule has 0 aromatic rings. The maximum Gasteiger partial charge on any atom is 0.0362 e. The van der Waals surface area contributed by atoms with E-state index in [0.29, 0.717) is 6.04 Å². The molecule has 1 rings (SSSR count). The zero-order chi connectivity index (χ0) is 13.1. The van der Waals surface area contributed by atoms with Crippen molar-refractivity contribution in [2.75, 3.05) is 13.1 Å². The van der Waals surface area contributed by atoms with Crippen LogP contribution in [0, 0.1) is 11.8 Å². The third-order valence-electron chi connectivity index (χ3n) is 5.10. The van der Waals surface area contributed by atoms with Crippen LogP contribution in [-0.2, 0) is 0 Å². The summed E-state index contributed by atoms with van der Waals surface area (Å²) in [5.74, 6) is 1.56. The van der Waals surface area contributed by atoms with E-state index in [1.807, 2.05) is 0 Å². The molecule has 0 saturated heterocycles. The lowest BCUT2D eigenvalue weighted by molar-refractivity contribution is -0.0256. The number of hydrogen-bond acceptors (Lipinski definition) is 2. The van der Waals surface area contributed by atoms with Crippen LogP contribution in [0.15, 0.2) is 0 Å². The van der Waals surface area contributed by atoms with E-state index in [1.165, 1.54) is 25.7 Å². The topological polar surface area (TPSA) is 29.3 Å². The van der Waals surface area contributed by atoms with Crippen molar-refractivity contribution in [3.05, 3.63) is 0 Å². The van der Waals surface area contributed by atoms with Gasteiger partial charge in [-0.15, -0.1) is 0 Å². The predicted molar refractivity (Wildman–Crippen MR) is 76.1 cm³/mol. The highest BCUT2D eigenvalue weighted by Gasteiger charge is 2.44. The van der Waals surface area contributed by atoms with E-state index in [-0.39, 0.29) is 5.54 Å². The van der Waals surface area contributed by atoms with Crippen LogP contribution in [0.2, 0.25) is 0 Å². The van der Waals surface area contributed by atoms with Gasteiger partial charge in [0.2, 0.25) is 0 Å². The Morgan fingerprint density at radius 2 is 1.94 bits per heavy atom. The molecular weight excluding hydrogens is 208 g/mol. The van der Waals surface area contributed by atoms with Crippen molar-refractivity contribution in [1.82, 2.24) is 4.90 Å². The molecule has 17 heavy (non-hydrogen) atoms. The zero-order valence-electron chi connectivity index (χ0n) is 12.5. The molecule has 2 heteroatoms. The Morgan fingerprint density at radius 3 is 2.41 bits per heavy atom. The summed E-state index contributed by atoms with van der Waals surface area (Å²) in [5.41, 5.74) is 6.47. The molecule has 0 amide bonds. The van der Waals surface area contributed by atoms with Crippen molar-refractivity contribution >= 4 is 0 Å². The summed E-state index contributed by atoms with van der Waals surface area (Å²) in [6, 6.07) is 0.649. The first-order valence-corrected chi connectivity index (χ1v) is 7.48. The van der Waals surface area contributed by atoms with Gasteiger partial charge in [0, 0.05) is 18.1 Å². The third-order valence-corrected chi connectivity index (χ3v) is 5.10. The SMILES string of the molecule is CCC(C)N(CC)C1(CN)CC(C)CCC1C. The quantitative estimate of drug-likeness (QED) is 0.799. The lowest BCUT2D eigenvalue weighted by Gasteiger charge is -2.53. The van der Waals surface area contributed by atoms with Crippen molar-refractivity contribution in [1.29, 1.82) is 0 Å². The van der Waals surface area contributed by atoms with Gasteiger partial charge in [-0.3, -0.25) is 4.90 Å². The Hall–Kier alpha value is -0.0800. The van der Waals surface area contributed by atoms with E-state index < -0.39 is 0 Å². The molecular formula is C15H32N2. The highest BCUT2D eigenvalue weighted by molar-refractivity contribution is 5.01. The maximum absolute atomic E-state index is 6.22. The van der Waals surface area contributed by atoms with E-state index in [4.69, 9.17) is 5.73 Å². The smallest absolute Gasteiger partial charge is 0.0362 e. The average Bonchev–Trinajstić information content (AvgIpc) is 2.33. The molecule has 2 N–H and O–H groups in total. The number of hydrogen-bond donors (Lipinski definition) is 1. The predicted octanol–water partition coefficient (Wildman–Crippen LogP) is 3.26. The van der Waals surface area contributed by atoms with Gasteiger partial charge in [-0.2, -0.15) is 0 Å². The normalized spacial score (nSPS) is 36.2. The minimum Gasteiger partial charge on any atom is -0.329 e. The fraction of sp³-hybridized carbons (Fsp3) is 1.00. The van der Waals surface area contributed by atoms with Crippen LogP contribution in [0.25, 0.3) is 0 Å². The summed E-state index contributed by atoms with van der Waals surface area (Å²) in [7, 11) is 0. The summed E-state index contributed by atoms with van der Waals surface area (Å²) < 4.78 is 0. The second-order valence-electron chi connectivity index (χ2n) is 6.14. The second-order valence-corrected chi connectivity index (χ2v) is 6.14. The fourth-order valence-corrected chi connectivity index (χ4v) is 3.80. The Balaban J connectivity index is 2.97. The summed E-state index contributed by atoms with van der Waals surface area (Å²) in [6.07, 6.45) is 5.21. The molecule has 0 aromatic heterocycles. The van der Waals surface area contributed by atoms with Gasteiger partial charge in [-0.25, -0.2) is 0 Å². The monoisotopic (exact) mass is 240 g/mol. The minimum absolute atomic E-state index is 0.252. The van der Waals surface area contributed by atoms with Crippen LogP contribution in [0.5, 0.6) is 0 Å². The number of likely N-dealkylation sites (N-methyl/N-ethyl adjacent to an activating group) is 1. The molecule has 1 aliphatic rings. The molecule has 102 valence electrons. The molecule has 2 nitrogen and oxygen atoms in total. The molecule has 0 spiro atoms. The highest BCUT2D eigenvalue weighted by Crippen LogP contribution is 2.41. The lowest BCUT2D eigenvalue weighted by Crippen LogP contribution is -2.62. The fourth-order valence-electron chi connectivity index (χ4n) is 3.80. The van der Waals surface area contributed by atoms with E-state index in [2.05, 4.69) is 39.5 Å². The van der Waals surface area contributed by atoms with Gasteiger partial charge in [0.05, 0.1) is 0 Å². The number of rotatable bonds is 5. The van der Waals surface area contributed by atoms with E-state index in [9.17, 15) is 0 Å². The Kier molecular flexibility index (Phi) is 5.46. The molecule has 1 saturated carbocycles. The second kappa shape index (κ2) is 6.19. The van der Waals surface area contributed by atoms with Gasteiger partial charge in [0.25, 0.3) is 0 Å². The van der Waals surface area contributed by atoms with Crippen LogP contribution >= 0.6 is 0 Å². The van der Waals surface area contributed by atoms with Crippen LogP contribution in [0.1, 0.15) is 60.3 Å². The van der Waals surface area contributed by atoms with Crippen LogP contribution in [0.3, 0.4) is 0 Å². The third kappa shape index (κ3) is 2.85. The summed E-state index contributed by atoms with van der Waals surface area (Å²) >= 11 is 0. The van der Waals surface area contributed by atoms with Gasteiger partial charge in [-0.1, -0.05) is 34.1 Å². The van der Waals surface area contributed by atoms with Crippen molar-refractivity contribution < 1.29 is 0 Å². The van der Waals surface area contributed by atoms with Crippen molar-refractivity contribution in [3.8, 4) is 0 Å². The zero-order valence-corrected chi connectivity index (χ0v) is 12.5. The molecule has 0 aromatic carbocycles. The summed E-state index contributed by atoms with van der Waals surface area (Å²) in [6.45, 7) is 13.7. The summed E-state index contributed by atoms with van der Waals surface area (Å²) in [5, 5.41) is 0. The van der Waals surface area contributed by atoms with Crippen molar-refractivity contribution in [2.45, 2.75) is 71.9 Å². The largest absolute Gasteiger partial charge is 0.329 e. The average molecular weight is 240 g/mol. The number of nitrogens with two attached hydrogens (primary N) is 1. The molecule has 4 unspecified atom stereocenters. The molecule has 0 aliphatic heterocycles. The molecule has 0 bridgehead atoms. The van der Waals surface area contributed by atoms with Crippen molar-refractivity contribution in [3.63, 3.8) is 0 Å². The van der Waals surface area contributed by atoms with E-state index in [1.54, 1.807) is 0 Å². The van der Waals surface area contributed by atoms with E-state index in [0.717, 1.165) is 24.9 Å². The Labute approximate surface area is 108 Å². The first-order valence-electron chi connectivity index (χ1n) is 7.48. The lowest BCUT2D eigenvalue weighted by atomic mass is 9.68. The molecule has 0 heterocycles. The minimum atomic E-state index is 0.252. The number of nitrogens with zero attached hydrogens (tertiary/aromatic N) is 1. The molecule has 1 fully saturated rings. The maximum atomic E-state index is 6.22. The van der Waals surface area contributed by atoms with Crippen LogP contribution < -0.4 is 5.73 Å². The highest BCUT2D eigenvalue weighted by atomic mass is 15.2. The Morgan fingerprint density at radius 1 is 1.29 bits per heavy atom. The van der Waals surface area contributed by atoms with Gasteiger partial charge >= 0.3 is 0 Å². The van der Waals surface area contributed by atoms with Crippen LogP contribution in [0.4, 0.5) is 0 Å². The van der Waals surface area contributed by atoms with Gasteiger partial charge in [0.1, 0.15) is 0 Å². The molecule has 1 aliphatic carbocycles. The molecule has 4 atom stereocenters. The summed E-state index contributed by atoms with van der Waals surface area (Å²) in [4.78, 5) is 2.69. The van der Waals surface area contributed by atoms with Crippen molar-refractivity contribution in [2.24, 2.45) is 17.6 Å². The first kappa shape index (κ1) is 15.0. The van der Waals surface area contributed by atoms with Gasteiger partial charge in [0.15, 0.2) is 0 Å².